The van der Waals surface area contributed by atoms with Crippen LogP contribution in [0, 0.1) is 6.92 Å². The molecule has 1 amide bonds. The van der Waals surface area contributed by atoms with E-state index in [-0.39, 0.29) is 11.9 Å². The Bertz CT molecular complexity index is 366. The number of hydrogen-bond acceptors (Lipinski definition) is 2. The largest absolute Gasteiger partial charge is 0.373 e. The molecule has 0 saturated heterocycles. The summed E-state index contributed by atoms with van der Waals surface area (Å²) in [6.07, 6.45) is 0.685. The highest BCUT2D eigenvalue weighted by Crippen LogP contribution is 2.21. The van der Waals surface area contributed by atoms with Gasteiger partial charge in [0.2, 0.25) is 5.91 Å². The van der Waals surface area contributed by atoms with Gasteiger partial charge in [-0.05, 0) is 37.1 Å². The first-order valence-electron chi connectivity index (χ1n) is 4.86. The normalized spacial score (nSPS) is 12.2. The lowest BCUT2D eigenvalue weighted by Gasteiger charge is -2.16. The smallest absolute Gasteiger partial charge is 0.239 e. The van der Waals surface area contributed by atoms with Crippen molar-refractivity contribution >= 4 is 27.5 Å². The minimum atomic E-state index is -0.320. The number of nitrogens with two attached hydrogens (primary N) is 1. The van der Waals surface area contributed by atoms with Gasteiger partial charge in [-0.25, -0.2) is 0 Å². The molecule has 0 bridgehead atoms. The number of amides is 1. The van der Waals surface area contributed by atoms with E-state index in [1.165, 1.54) is 0 Å². The minimum Gasteiger partial charge on any atom is -0.373 e. The van der Waals surface area contributed by atoms with E-state index in [2.05, 4.69) is 21.2 Å². The van der Waals surface area contributed by atoms with E-state index in [9.17, 15) is 4.79 Å². The Morgan fingerprint density at radius 2 is 2.27 bits per heavy atom. The van der Waals surface area contributed by atoms with Gasteiger partial charge in [0, 0.05) is 10.2 Å². The van der Waals surface area contributed by atoms with Crippen LogP contribution in [0.1, 0.15) is 18.9 Å². The van der Waals surface area contributed by atoms with Gasteiger partial charge in [0.05, 0.1) is 0 Å². The van der Waals surface area contributed by atoms with Crippen molar-refractivity contribution in [2.75, 3.05) is 5.32 Å². The summed E-state index contributed by atoms with van der Waals surface area (Å²) in [5.41, 5.74) is 7.30. The van der Waals surface area contributed by atoms with Crippen molar-refractivity contribution in [2.45, 2.75) is 26.3 Å². The molecule has 1 rings (SSSR count). The molecule has 0 spiro atoms. The second kappa shape index (κ2) is 5.16. The van der Waals surface area contributed by atoms with Crippen molar-refractivity contribution in [3.63, 3.8) is 0 Å². The molecule has 1 aromatic rings. The Morgan fingerprint density at radius 3 is 2.73 bits per heavy atom. The van der Waals surface area contributed by atoms with Crippen molar-refractivity contribution in [3.05, 3.63) is 28.2 Å². The maximum absolute atomic E-state index is 11.1. The van der Waals surface area contributed by atoms with Crippen LogP contribution in [0.15, 0.2) is 22.7 Å². The van der Waals surface area contributed by atoms with E-state index in [4.69, 9.17) is 5.73 Å². The lowest BCUT2D eigenvalue weighted by molar-refractivity contribution is -0.118. The van der Waals surface area contributed by atoms with Crippen molar-refractivity contribution < 1.29 is 4.79 Å². The highest BCUT2D eigenvalue weighted by atomic mass is 79.9. The van der Waals surface area contributed by atoms with E-state index < -0.39 is 0 Å². The summed E-state index contributed by atoms with van der Waals surface area (Å²) in [5.74, 6) is -0.320. The zero-order valence-corrected chi connectivity index (χ0v) is 10.5. The Morgan fingerprint density at radius 1 is 1.60 bits per heavy atom. The molecule has 15 heavy (non-hydrogen) atoms. The first kappa shape index (κ1) is 12.0. The van der Waals surface area contributed by atoms with Gasteiger partial charge in [0.1, 0.15) is 6.04 Å². The first-order valence-corrected chi connectivity index (χ1v) is 5.66. The summed E-state index contributed by atoms with van der Waals surface area (Å²) in [5, 5.41) is 3.13. The third-order valence-electron chi connectivity index (χ3n) is 2.27. The fourth-order valence-corrected chi connectivity index (χ4v) is 1.83. The summed E-state index contributed by atoms with van der Waals surface area (Å²) in [4.78, 5) is 11.1. The van der Waals surface area contributed by atoms with E-state index in [1.54, 1.807) is 0 Å². The van der Waals surface area contributed by atoms with Gasteiger partial charge in [-0.1, -0.05) is 22.9 Å². The fraction of sp³-hybridized carbons (Fsp3) is 0.364. The number of carbonyl (C=O) groups is 1. The first-order chi connectivity index (χ1) is 7.04. The molecule has 0 aliphatic rings. The Balaban J connectivity index is 2.84. The standard InChI is InChI=1S/C11H15BrN2O/c1-3-9(11(13)15)14-10-5-4-8(12)6-7(10)2/h4-6,9,14H,3H2,1-2H3,(H2,13,15). The highest BCUT2D eigenvalue weighted by molar-refractivity contribution is 9.10. The van der Waals surface area contributed by atoms with Crippen LogP contribution in [0.2, 0.25) is 0 Å². The van der Waals surface area contributed by atoms with Crippen LogP contribution in [0.25, 0.3) is 0 Å². The van der Waals surface area contributed by atoms with Crippen LogP contribution in [-0.2, 0) is 4.79 Å². The molecule has 0 aliphatic heterocycles. The lowest BCUT2D eigenvalue weighted by Crippen LogP contribution is -2.34. The molecule has 1 atom stereocenters. The third-order valence-corrected chi connectivity index (χ3v) is 2.76. The molecule has 3 nitrogen and oxygen atoms in total. The Labute approximate surface area is 98.2 Å². The summed E-state index contributed by atoms with van der Waals surface area (Å²) in [7, 11) is 0. The summed E-state index contributed by atoms with van der Waals surface area (Å²) < 4.78 is 1.03. The van der Waals surface area contributed by atoms with Crippen LogP contribution in [0.4, 0.5) is 5.69 Å². The molecule has 0 fully saturated rings. The van der Waals surface area contributed by atoms with Crippen molar-refractivity contribution in [3.8, 4) is 0 Å². The number of halogens is 1. The molecule has 1 aromatic carbocycles. The summed E-state index contributed by atoms with van der Waals surface area (Å²) >= 11 is 3.39. The summed E-state index contributed by atoms with van der Waals surface area (Å²) in [6, 6.07) is 5.56. The average Bonchev–Trinajstić information content (AvgIpc) is 2.16. The molecular formula is C11H15BrN2O. The monoisotopic (exact) mass is 270 g/mol. The number of rotatable bonds is 4. The average molecular weight is 271 g/mol. The number of primary amides is 1. The van der Waals surface area contributed by atoms with Gasteiger partial charge in [0.15, 0.2) is 0 Å². The second-order valence-electron chi connectivity index (χ2n) is 3.47. The van der Waals surface area contributed by atoms with Crippen molar-refractivity contribution in [1.82, 2.24) is 0 Å². The molecule has 0 saturated carbocycles. The van der Waals surface area contributed by atoms with Crippen LogP contribution < -0.4 is 11.1 Å². The quantitative estimate of drug-likeness (QED) is 0.883. The molecular weight excluding hydrogens is 256 g/mol. The molecule has 0 aromatic heterocycles. The van der Waals surface area contributed by atoms with E-state index >= 15 is 0 Å². The second-order valence-corrected chi connectivity index (χ2v) is 4.38. The van der Waals surface area contributed by atoms with Gasteiger partial charge >= 0.3 is 0 Å². The number of carbonyl (C=O) groups excluding carboxylic acids is 1. The fourth-order valence-electron chi connectivity index (χ4n) is 1.35. The lowest BCUT2D eigenvalue weighted by atomic mass is 10.1. The minimum absolute atomic E-state index is 0.301. The van der Waals surface area contributed by atoms with E-state index in [0.29, 0.717) is 6.42 Å². The van der Waals surface area contributed by atoms with E-state index in [0.717, 1.165) is 15.7 Å². The summed E-state index contributed by atoms with van der Waals surface area (Å²) in [6.45, 7) is 3.91. The maximum atomic E-state index is 11.1. The predicted octanol–water partition coefficient (Wildman–Crippen LogP) is 2.43. The molecule has 1 unspecified atom stereocenters. The highest BCUT2D eigenvalue weighted by Gasteiger charge is 2.12. The molecule has 0 radical (unpaired) electrons. The zero-order valence-electron chi connectivity index (χ0n) is 8.88. The maximum Gasteiger partial charge on any atom is 0.239 e. The number of nitrogens with one attached hydrogen (secondary N) is 1. The van der Waals surface area contributed by atoms with E-state index in [1.807, 2.05) is 32.0 Å². The number of aryl methyl sites for hydroxylation is 1. The van der Waals surface area contributed by atoms with Gasteiger partial charge in [0.25, 0.3) is 0 Å². The van der Waals surface area contributed by atoms with Crippen LogP contribution in [-0.4, -0.2) is 11.9 Å². The SMILES string of the molecule is CCC(Nc1ccc(Br)cc1C)C(N)=O. The topological polar surface area (TPSA) is 55.1 Å². The zero-order chi connectivity index (χ0) is 11.4. The molecule has 3 N–H and O–H groups in total. The van der Waals surface area contributed by atoms with Crippen molar-refractivity contribution in [2.24, 2.45) is 5.73 Å². The third kappa shape index (κ3) is 3.23. The molecule has 0 heterocycles. The number of hydrogen-bond donors (Lipinski definition) is 2. The Hall–Kier alpha value is -1.03. The number of benzene rings is 1. The van der Waals surface area contributed by atoms with Gasteiger partial charge in [-0.3, -0.25) is 4.79 Å². The molecule has 4 heteroatoms. The Kier molecular flexibility index (Phi) is 4.15. The predicted molar refractivity (Wildman–Crippen MR) is 65.8 cm³/mol. The van der Waals surface area contributed by atoms with Crippen LogP contribution >= 0.6 is 15.9 Å². The molecule has 82 valence electrons. The van der Waals surface area contributed by atoms with Crippen LogP contribution in [0.3, 0.4) is 0 Å². The van der Waals surface area contributed by atoms with Crippen LogP contribution in [0.5, 0.6) is 0 Å². The number of anilines is 1. The van der Waals surface area contributed by atoms with Gasteiger partial charge < -0.3 is 11.1 Å². The van der Waals surface area contributed by atoms with Gasteiger partial charge in [-0.2, -0.15) is 0 Å². The molecule has 0 aliphatic carbocycles. The van der Waals surface area contributed by atoms with Gasteiger partial charge in [-0.15, -0.1) is 0 Å². The van der Waals surface area contributed by atoms with Crippen molar-refractivity contribution in [1.29, 1.82) is 0 Å².